The van der Waals surface area contributed by atoms with Crippen LogP contribution in [0.15, 0.2) is 18.2 Å². The summed E-state index contributed by atoms with van der Waals surface area (Å²) in [6, 6.07) is 0. The third kappa shape index (κ3) is 23.1. The van der Waals surface area contributed by atoms with Gasteiger partial charge in [-0.3, -0.25) is 6.08 Å². The fourth-order valence-corrected chi connectivity index (χ4v) is 2.72. The molecule has 0 saturated carbocycles. The molecule has 0 unspecified atom stereocenters. The maximum absolute atomic E-state index is 9.38. The van der Waals surface area contributed by atoms with E-state index in [-0.39, 0.29) is 0 Å². The summed E-state index contributed by atoms with van der Waals surface area (Å²) in [6.07, 6.45) is 17.0. The standard InChI is InChI=1S/C8H19OP.C5H5.2HI.Ir/c1-3-5-7-10(9)8-6-4-2;1-2-4-5-3-1;;;/h9H,3-8H2,1-2H3;1-3H,4H2;2*1H;/q;-1;;;+3/p-2. The van der Waals surface area contributed by atoms with Gasteiger partial charge >= 0.3 is 49.7 Å². The van der Waals surface area contributed by atoms with Crippen LogP contribution in [0.1, 0.15) is 46.0 Å². The molecule has 0 aromatic carbocycles. The van der Waals surface area contributed by atoms with Crippen LogP contribution in [0.5, 0.6) is 0 Å². The van der Waals surface area contributed by atoms with Crippen LogP contribution in [0.2, 0.25) is 0 Å². The Hall–Kier alpha value is 1.98. The third-order valence-corrected chi connectivity index (χ3v) is 3.79. The van der Waals surface area contributed by atoms with Crippen molar-refractivity contribution < 1.29 is 15.4 Å². The molecule has 0 aliphatic heterocycles. The summed E-state index contributed by atoms with van der Waals surface area (Å²) >= 11 is 4.80. The molecule has 0 bridgehead atoms. The molecule has 0 atom stereocenters. The number of hydrogen-bond donors (Lipinski definition) is 1. The Labute approximate surface area is 144 Å². The molecule has 0 amide bonds. The van der Waals surface area contributed by atoms with Crippen molar-refractivity contribution in [3.8, 4) is 0 Å². The molecule has 1 aliphatic carbocycles. The second-order valence-corrected chi connectivity index (χ2v) is 23.1. The van der Waals surface area contributed by atoms with E-state index in [1.807, 2.05) is 12.2 Å². The van der Waals surface area contributed by atoms with Crippen LogP contribution in [0.4, 0.5) is 0 Å². The summed E-state index contributed by atoms with van der Waals surface area (Å²) in [5, 5.41) is 0. The molecular formula is C13H24I2IrOP. The first-order valence-corrected chi connectivity index (χ1v) is 21.5. The van der Waals surface area contributed by atoms with Crippen molar-refractivity contribution in [3.63, 3.8) is 0 Å². The van der Waals surface area contributed by atoms with Crippen LogP contribution in [-0.4, -0.2) is 17.2 Å². The number of halogens is 2. The second-order valence-electron chi connectivity index (χ2n) is 3.71. The van der Waals surface area contributed by atoms with Crippen molar-refractivity contribution in [3.05, 3.63) is 24.3 Å². The van der Waals surface area contributed by atoms with E-state index in [0.717, 1.165) is 18.7 Å². The molecule has 1 aliphatic rings. The molecule has 0 radical (unpaired) electrons. The molecule has 0 aromatic rings. The van der Waals surface area contributed by atoms with E-state index < -0.39 is 8.15 Å². The van der Waals surface area contributed by atoms with E-state index in [1.165, 1.54) is 25.7 Å². The molecule has 0 saturated heterocycles. The monoisotopic (exact) mass is 674 g/mol. The summed E-state index contributed by atoms with van der Waals surface area (Å²) in [6.45, 7) is 4.34. The minimum absolute atomic E-state index is 0.440. The van der Waals surface area contributed by atoms with Gasteiger partial charge in [0.2, 0.25) is 0 Å². The molecule has 1 rings (SSSR count). The molecule has 1 nitrogen and oxygen atoms in total. The van der Waals surface area contributed by atoms with Gasteiger partial charge < -0.3 is 4.89 Å². The first-order valence-electron chi connectivity index (χ1n) is 6.22. The van der Waals surface area contributed by atoms with Gasteiger partial charge in [0.25, 0.3) is 0 Å². The molecule has 5 heteroatoms. The zero-order chi connectivity index (χ0) is 14.1. The van der Waals surface area contributed by atoms with E-state index in [2.05, 4.69) is 65.2 Å². The van der Waals surface area contributed by atoms with Crippen molar-refractivity contribution in [2.75, 3.05) is 12.3 Å². The average molecular weight is 673 g/mol. The van der Waals surface area contributed by atoms with Gasteiger partial charge in [-0.2, -0.15) is 6.08 Å². The first-order chi connectivity index (χ1) is 8.72. The van der Waals surface area contributed by atoms with Gasteiger partial charge in [0.1, 0.15) is 0 Å². The normalized spacial score (nSPS) is 12.1. The Morgan fingerprint density at radius 3 is 1.94 bits per heavy atom. The maximum atomic E-state index is 9.38. The fourth-order valence-electron chi connectivity index (χ4n) is 1.13. The minimum atomic E-state index is -0.592. The van der Waals surface area contributed by atoms with E-state index in [4.69, 9.17) is 0 Å². The Bertz CT molecular complexity index is 183. The quantitative estimate of drug-likeness (QED) is 0.207. The zero-order valence-corrected chi connectivity index (χ0v) is 18.8. The Morgan fingerprint density at radius 1 is 1.22 bits per heavy atom. The van der Waals surface area contributed by atoms with Crippen molar-refractivity contribution in [2.45, 2.75) is 46.0 Å². The van der Waals surface area contributed by atoms with E-state index in [1.54, 1.807) is 0 Å². The van der Waals surface area contributed by atoms with Crippen LogP contribution in [0, 0.1) is 6.08 Å². The molecule has 0 spiro atoms. The first kappa shape index (κ1) is 22.3. The van der Waals surface area contributed by atoms with Crippen LogP contribution in [0.25, 0.3) is 0 Å². The molecule has 0 aromatic heterocycles. The van der Waals surface area contributed by atoms with Gasteiger partial charge in [-0.1, -0.05) is 26.7 Å². The number of unbranched alkanes of at least 4 members (excludes halogenated alkanes) is 2. The number of allylic oxidation sites excluding steroid dienone is 4. The van der Waals surface area contributed by atoms with Gasteiger partial charge in [0.15, 0.2) is 0 Å². The third-order valence-electron chi connectivity index (χ3n) is 2.13. The van der Waals surface area contributed by atoms with Crippen molar-refractivity contribution in [1.29, 1.82) is 0 Å². The molecule has 0 heterocycles. The molecular weight excluding hydrogens is 649 g/mol. The summed E-state index contributed by atoms with van der Waals surface area (Å²) in [4.78, 5) is 9.38. The Balaban J connectivity index is 0. The van der Waals surface area contributed by atoms with Crippen LogP contribution in [0.3, 0.4) is 0 Å². The number of hydrogen-bond acceptors (Lipinski definition) is 1. The predicted molar refractivity (Wildman–Crippen MR) is 98.3 cm³/mol. The van der Waals surface area contributed by atoms with Crippen LogP contribution >= 0.6 is 47.3 Å². The molecule has 18 heavy (non-hydrogen) atoms. The van der Waals surface area contributed by atoms with E-state index >= 15 is 0 Å². The topological polar surface area (TPSA) is 20.2 Å². The molecule has 110 valence electrons. The van der Waals surface area contributed by atoms with Gasteiger partial charge in [0, 0.05) is 8.15 Å². The van der Waals surface area contributed by atoms with Crippen LogP contribution < -0.4 is 0 Å². The summed E-state index contributed by atoms with van der Waals surface area (Å²) in [5.41, 5.74) is 0. The SMILES string of the molecule is CCCCP(O)CCCC.[C-]1=CC=CC1.[I][Ir+][I]. The predicted octanol–water partition coefficient (Wildman–Crippen LogP) is 6.05. The number of rotatable bonds is 6. The van der Waals surface area contributed by atoms with Crippen molar-refractivity contribution in [2.24, 2.45) is 0 Å². The van der Waals surface area contributed by atoms with Crippen LogP contribution in [-0.2, 0) is 10.5 Å². The molecule has 1 N–H and O–H groups in total. The Morgan fingerprint density at radius 2 is 1.72 bits per heavy atom. The van der Waals surface area contributed by atoms with Gasteiger partial charge in [-0.25, -0.2) is 12.2 Å². The zero-order valence-electron chi connectivity index (χ0n) is 11.2. The van der Waals surface area contributed by atoms with E-state index in [9.17, 15) is 4.89 Å². The average Bonchev–Trinajstić information content (AvgIpc) is 2.93. The Kier molecular flexibility index (Phi) is 26.3. The van der Waals surface area contributed by atoms with Crippen molar-refractivity contribution >= 4 is 47.3 Å². The summed E-state index contributed by atoms with van der Waals surface area (Å²) in [7, 11) is -0.152. The van der Waals surface area contributed by atoms with Gasteiger partial charge in [0.05, 0.1) is 0 Å². The fraction of sp³-hybridized carbons (Fsp3) is 0.692. The van der Waals surface area contributed by atoms with Crippen molar-refractivity contribution in [1.82, 2.24) is 0 Å². The second kappa shape index (κ2) is 21.3. The van der Waals surface area contributed by atoms with E-state index in [0.29, 0.717) is 10.5 Å². The molecule has 0 fully saturated rings. The van der Waals surface area contributed by atoms with Gasteiger partial charge in [-0.15, -0.1) is 6.42 Å². The van der Waals surface area contributed by atoms with Gasteiger partial charge in [-0.05, 0) is 25.2 Å². The summed E-state index contributed by atoms with van der Waals surface area (Å²) < 4.78 is 0. The summed E-state index contributed by atoms with van der Waals surface area (Å²) in [5.74, 6) is 0.